The largest absolute Gasteiger partial charge is 0.344 e. The van der Waals surface area contributed by atoms with Crippen LogP contribution >= 0.6 is 23.1 Å². The van der Waals surface area contributed by atoms with Gasteiger partial charge in [-0.2, -0.15) is 4.37 Å². The van der Waals surface area contributed by atoms with Crippen molar-refractivity contribution in [3.8, 4) is 0 Å². The molecule has 1 N–H and O–H groups in total. The highest BCUT2D eigenvalue weighted by Gasteiger charge is 2.21. The molecule has 1 aromatic heterocycles. The van der Waals surface area contributed by atoms with E-state index >= 15 is 0 Å². The first-order valence-corrected chi connectivity index (χ1v) is 12.1. The number of hydrogen-bond donors (Lipinski definition) is 1. The average molecular weight is 444 g/mol. The van der Waals surface area contributed by atoms with Crippen LogP contribution in [0.4, 0.5) is 5.13 Å². The highest BCUT2D eigenvalue weighted by Crippen LogP contribution is 2.21. The maximum absolute atomic E-state index is 11.8. The smallest absolute Gasteiger partial charge is 0.213 e. The molecular weight excluding hydrogens is 418 g/mol. The minimum atomic E-state index is -3.19. The summed E-state index contributed by atoms with van der Waals surface area (Å²) in [6, 6.07) is 7.75. The summed E-state index contributed by atoms with van der Waals surface area (Å²) in [5.74, 6) is 0.827. The van der Waals surface area contributed by atoms with E-state index in [2.05, 4.69) is 23.9 Å². The van der Waals surface area contributed by atoms with Crippen LogP contribution in [0.25, 0.3) is 0 Å². The van der Waals surface area contributed by atoms with Gasteiger partial charge in [-0.15, -0.1) is 0 Å². The monoisotopic (exact) mass is 443 g/mol. The molecule has 1 aliphatic rings. The number of piperazine rings is 1. The minimum Gasteiger partial charge on any atom is -0.344 e. The molecular formula is C18H26ClN5O2S2. The Hall–Kier alpha value is -1.26. The normalized spacial score (nSPS) is 16.1. The number of rotatable bonds is 8. The van der Waals surface area contributed by atoms with E-state index in [1.807, 2.05) is 24.3 Å². The SMILES string of the molecule is CC(C)S(=O)(=O)NCCN1CCN(c2nc(Cc3ccc(Cl)cc3)ns2)CC1. The van der Waals surface area contributed by atoms with Gasteiger partial charge in [0.15, 0.2) is 0 Å². The fourth-order valence-electron chi connectivity index (χ4n) is 2.91. The van der Waals surface area contributed by atoms with Crippen LogP contribution < -0.4 is 9.62 Å². The number of benzene rings is 1. The molecule has 0 unspecified atom stereocenters. The van der Waals surface area contributed by atoms with E-state index in [1.165, 1.54) is 11.5 Å². The van der Waals surface area contributed by atoms with Gasteiger partial charge >= 0.3 is 0 Å². The van der Waals surface area contributed by atoms with Gasteiger partial charge < -0.3 is 4.90 Å². The number of sulfonamides is 1. The highest BCUT2D eigenvalue weighted by atomic mass is 35.5. The van der Waals surface area contributed by atoms with Crippen LogP contribution in [0.1, 0.15) is 25.2 Å². The van der Waals surface area contributed by atoms with Gasteiger partial charge in [0, 0.05) is 62.2 Å². The predicted octanol–water partition coefficient (Wildman–Crippen LogP) is 2.23. The quantitative estimate of drug-likeness (QED) is 0.674. The Labute approximate surface area is 175 Å². The Bertz CT molecular complexity index is 862. The second kappa shape index (κ2) is 9.49. The Kier molecular flexibility index (Phi) is 7.27. The summed E-state index contributed by atoms with van der Waals surface area (Å²) in [5, 5.41) is 1.28. The summed E-state index contributed by atoms with van der Waals surface area (Å²) < 4.78 is 30.8. The highest BCUT2D eigenvalue weighted by molar-refractivity contribution is 7.90. The first-order valence-electron chi connectivity index (χ1n) is 9.36. The summed E-state index contributed by atoms with van der Waals surface area (Å²) >= 11 is 7.36. The fraction of sp³-hybridized carbons (Fsp3) is 0.556. The summed E-state index contributed by atoms with van der Waals surface area (Å²) in [7, 11) is -3.19. The molecule has 0 saturated carbocycles. The van der Waals surface area contributed by atoms with Crippen molar-refractivity contribution in [3.63, 3.8) is 0 Å². The topological polar surface area (TPSA) is 78.4 Å². The zero-order valence-corrected chi connectivity index (χ0v) is 18.5. The van der Waals surface area contributed by atoms with Crippen LogP contribution in [-0.2, 0) is 16.4 Å². The van der Waals surface area contributed by atoms with Gasteiger partial charge in [-0.05, 0) is 31.5 Å². The molecule has 3 rings (SSSR count). The Balaban J connectivity index is 1.45. The second-order valence-corrected chi connectivity index (χ2v) is 10.6. The molecule has 0 aliphatic carbocycles. The van der Waals surface area contributed by atoms with E-state index < -0.39 is 15.3 Å². The van der Waals surface area contributed by atoms with Crippen LogP contribution in [0.3, 0.4) is 0 Å². The van der Waals surface area contributed by atoms with Crippen LogP contribution in [0, 0.1) is 0 Å². The summed E-state index contributed by atoms with van der Waals surface area (Å²) in [6.07, 6.45) is 0.698. The molecule has 2 heterocycles. The summed E-state index contributed by atoms with van der Waals surface area (Å²) in [4.78, 5) is 9.20. The molecule has 0 amide bonds. The molecule has 1 fully saturated rings. The van der Waals surface area contributed by atoms with E-state index in [0.717, 1.165) is 54.3 Å². The minimum absolute atomic E-state index is 0.399. The van der Waals surface area contributed by atoms with Crippen molar-refractivity contribution in [2.45, 2.75) is 25.5 Å². The molecule has 10 heteroatoms. The van der Waals surface area contributed by atoms with Crippen molar-refractivity contribution in [2.75, 3.05) is 44.2 Å². The predicted molar refractivity (Wildman–Crippen MR) is 115 cm³/mol. The third-order valence-corrected chi connectivity index (χ3v) is 7.64. The first kappa shape index (κ1) is 21.4. The van der Waals surface area contributed by atoms with Crippen molar-refractivity contribution in [1.82, 2.24) is 19.0 Å². The first-order chi connectivity index (χ1) is 13.3. The van der Waals surface area contributed by atoms with Crippen molar-refractivity contribution >= 4 is 38.3 Å². The number of hydrogen-bond acceptors (Lipinski definition) is 7. The number of anilines is 1. The van der Waals surface area contributed by atoms with Crippen LogP contribution in [0.2, 0.25) is 5.02 Å². The van der Waals surface area contributed by atoms with Gasteiger partial charge in [0.1, 0.15) is 5.82 Å². The van der Waals surface area contributed by atoms with E-state index in [9.17, 15) is 8.42 Å². The van der Waals surface area contributed by atoms with Gasteiger partial charge in [0.05, 0.1) is 5.25 Å². The second-order valence-electron chi connectivity index (χ2n) is 7.11. The summed E-state index contributed by atoms with van der Waals surface area (Å²) in [5.41, 5.74) is 1.14. The number of nitrogens with zero attached hydrogens (tertiary/aromatic N) is 4. The molecule has 0 spiro atoms. The lowest BCUT2D eigenvalue weighted by molar-refractivity contribution is 0.262. The van der Waals surface area contributed by atoms with E-state index in [-0.39, 0.29) is 0 Å². The number of aromatic nitrogens is 2. The lowest BCUT2D eigenvalue weighted by atomic mass is 10.1. The van der Waals surface area contributed by atoms with Crippen LogP contribution in [-0.4, -0.2) is 67.2 Å². The van der Waals surface area contributed by atoms with Gasteiger partial charge in [-0.25, -0.2) is 18.1 Å². The molecule has 2 aromatic rings. The molecule has 1 saturated heterocycles. The molecule has 0 atom stereocenters. The van der Waals surface area contributed by atoms with E-state index in [0.29, 0.717) is 13.0 Å². The molecule has 28 heavy (non-hydrogen) atoms. The maximum atomic E-state index is 11.8. The van der Waals surface area contributed by atoms with Gasteiger partial charge in [0.25, 0.3) is 0 Å². The fourth-order valence-corrected chi connectivity index (χ4v) is 4.48. The Morgan fingerprint density at radius 2 is 1.86 bits per heavy atom. The van der Waals surface area contributed by atoms with Crippen molar-refractivity contribution in [1.29, 1.82) is 0 Å². The van der Waals surface area contributed by atoms with E-state index in [1.54, 1.807) is 13.8 Å². The summed E-state index contributed by atoms with van der Waals surface area (Å²) in [6.45, 7) is 8.04. The van der Waals surface area contributed by atoms with Crippen molar-refractivity contribution in [3.05, 3.63) is 40.7 Å². The van der Waals surface area contributed by atoms with E-state index in [4.69, 9.17) is 11.6 Å². The van der Waals surface area contributed by atoms with Gasteiger partial charge in [-0.3, -0.25) is 4.90 Å². The zero-order chi connectivity index (χ0) is 20.1. The standard InChI is InChI=1S/C18H26ClN5O2S2/c1-14(2)28(25,26)20-7-8-23-9-11-24(12-10-23)18-21-17(22-27-18)13-15-3-5-16(19)6-4-15/h3-6,14,20H,7-13H2,1-2H3. The molecule has 1 aromatic carbocycles. The lowest BCUT2D eigenvalue weighted by Gasteiger charge is -2.34. The Morgan fingerprint density at radius 3 is 2.50 bits per heavy atom. The molecule has 0 radical (unpaired) electrons. The molecule has 7 nitrogen and oxygen atoms in total. The van der Waals surface area contributed by atoms with Crippen LogP contribution in [0.15, 0.2) is 24.3 Å². The third-order valence-electron chi connectivity index (χ3n) is 4.73. The molecule has 154 valence electrons. The van der Waals surface area contributed by atoms with Crippen LogP contribution in [0.5, 0.6) is 0 Å². The maximum Gasteiger partial charge on any atom is 0.213 e. The molecule has 0 bridgehead atoms. The average Bonchev–Trinajstić information content (AvgIpc) is 3.12. The number of halogens is 1. The van der Waals surface area contributed by atoms with Gasteiger partial charge in [0.2, 0.25) is 15.2 Å². The third kappa shape index (κ3) is 5.87. The van der Waals surface area contributed by atoms with Gasteiger partial charge in [-0.1, -0.05) is 23.7 Å². The zero-order valence-electron chi connectivity index (χ0n) is 16.1. The van der Waals surface area contributed by atoms with Crippen molar-refractivity contribution < 1.29 is 8.42 Å². The van der Waals surface area contributed by atoms with Crippen molar-refractivity contribution in [2.24, 2.45) is 0 Å². The molecule has 1 aliphatic heterocycles. The number of nitrogens with one attached hydrogen (secondary N) is 1. The lowest BCUT2D eigenvalue weighted by Crippen LogP contribution is -2.48. The Morgan fingerprint density at radius 1 is 1.18 bits per heavy atom.